The second-order valence-corrected chi connectivity index (χ2v) is 6.66. The highest BCUT2D eigenvalue weighted by Crippen LogP contribution is 2.17. The van der Waals surface area contributed by atoms with E-state index in [1.807, 2.05) is 19.0 Å². The summed E-state index contributed by atoms with van der Waals surface area (Å²) in [4.78, 5) is 27.5. The summed E-state index contributed by atoms with van der Waals surface area (Å²) in [6, 6.07) is 0. The van der Waals surface area contributed by atoms with Crippen LogP contribution < -0.4 is 5.32 Å². The van der Waals surface area contributed by atoms with E-state index in [1.54, 1.807) is 41.7 Å². The van der Waals surface area contributed by atoms with Gasteiger partial charge in [-0.3, -0.25) is 9.69 Å². The van der Waals surface area contributed by atoms with E-state index in [2.05, 4.69) is 5.32 Å². The minimum Gasteiger partial charge on any atom is -0.444 e. The van der Waals surface area contributed by atoms with Gasteiger partial charge in [0.05, 0.1) is 0 Å². The lowest BCUT2D eigenvalue weighted by molar-refractivity contribution is -0.130. The third-order valence-electron chi connectivity index (χ3n) is 2.91. The fraction of sp³-hybridized carbons (Fsp3) is 0.857. The molecule has 6 nitrogen and oxygen atoms in total. The van der Waals surface area contributed by atoms with Gasteiger partial charge in [0.25, 0.3) is 0 Å². The van der Waals surface area contributed by atoms with E-state index in [9.17, 15) is 9.59 Å². The number of likely N-dealkylation sites (N-methyl/N-ethyl adjacent to an activating group) is 2. The van der Waals surface area contributed by atoms with E-state index in [0.717, 1.165) is 6.54 Å². The Morgan fingerprint density at radius 3 is 1.95 bits per heavy atom. The predicted molar refractivity (Wildman–Crippen MR) is 79.6 cm³/mol. The van der Waals surface area contributed by atoms with Crippen LogP contribution in [0.25, 0.3) is 0 Å². The minimum absolute atomic E-state index is 0.201. The molecule has 0 saturated carbocycles. The molecule has 118 valence electrons. The van der Waals surface area contributed by atoms with Gasteiger partial charge in [-0.15, -0.1) is 0 Å². The van der Waals surface area contributed by atoms with Gasteiger partial charge in [-0.05, 0) is 48.7 Å². The standard InChI is InChI=1S/C14H29N3O3/c1-13(2,3)20-12(19)17(8)14(4,5)11(18)15-9-10-16(6)7/h9-10H2,1-8H3,(H,15,18). The molecular weight excluding hydrogens is 258 g/mol. The number of ether oxygens (including phenoxy) is 1. The van der Waals surface area contributed by atoms with Crippen LogP contribution in [0.15, 0.2) is 0 Å². The summed E-state index contributed by atoms with van der Waals surface area (Å²) >= 11 is 0. The van der Waals surface area contributed by atoms with Crippen LogP contribution >= 0.6 is 0 Å². The zero-order valence-electron chi connectivity index (χ0n) is 14.0. The highest BCUT2D eigenvalue weighted by atomic mass is 16.6. The Labute approximate surface area is 122 Å². The molecule has 0 aliphatic rings. The summed E-state index contributed by atoms with van der Waals surface area (Å²) in [5.41, 5.74) is -1.54. The summed E-state index contributed by atoms with van der Waals surface area (Å²) in [5.74, 6) is -0.201. The smallest absolute Gasteiger partial charge is 0.410 e. The Hall–Kier alpha value is -1.30. The number of carbonyl (C=O) groups excluding carboxylic acids is 2. The molecule has 6 heteroatoms. The molecule has 0 aliphatic heterocycles. The predicted octanol–water partition coefficient (Wildman–Crippen LogP) is 1.31. The van der Waals surface area contributed by atoms with Gasteiger partial charge in [-0.2, -0.15) is 0 Å². The van der Waals surface area contributed by atoms with E-state index in [0.29, 0.717) is 6.54 Å². The van der Waals surface area contributed by atoms with Crippen LogP contribution in [0.5, 0.6) is 0 Å². The summed E-state index contributed by atoms with van der Waals surface area (Å²) in [7, 11) is 5.44. The number of hydrogen-bond donors (Lipinski definition) is 1. The lowest BCUT2D eigenvalue weighted by Crippen LogP contribution is -2.56. The monoisotopic (exact) mass is 287 g/mol. The molecule has 0 rings (SSSR count). The zero-order valence-corrected chi connectivity index (χ0v) is 14.0. The van der Waals surface area contributed by atoms with Crippen molar-refractivity contribution in [3.8, 4) is 0 Å². The molecule has 1 N–H and O–H groups in total. The van der Waals surface area contributed by atoms with Gasteiger partial charge in [0.15, 0.2) is 0 Å². The molecule has 20 heavy (non-hydrogen) atoms. The van der Waals surface area contributed by atoms with Gasteiger partial charge in [-0.25, -0.2) is 4.79 Å². The van der Waals surface area contributed by atoms with Crippen molar-refractivity contribution < 1.29 is 14.3 Å². The molecule has 0 bridgehead atoms. The zero-order chi connectivity index (χ0) is 16.1. The number of amides is 2. The van der Waals surface area contributed by atoms with E-state index in [4.69, 9.17) is 4.74 Å². The first-order valence-electron chi connectivity index (χ1n) is 6.78. The van der Waals surface area contributed by atoms with Crippen molar-refractivity contribution in [2.45, 2.75) is 45.8 Å². The van der Waals surface area contributed by atoms with E-state index < -0.39 is 17.2 Å². The van der Waals surface area contributed by atoms with Crippen molar-refractivity contribution >= 4 is 12.0 Å². The average Bonchev–Trinajstić information content (AvgIpc) is 2.24. The second-order valence-electron chi connectivity index (χ2n) is 6.66. The first-order chi connectivity index (χ1) is 8.88. The van der Waals surface area contributed by atoms with Gasteiger partial charge in [0.2, 0.25) is 5.91 Å². The number of carbonyl (C=O) groups is 2. The van der Waals surface area contributed by atoms with Crippen LogP contribution in [-0.2, 0) is 9.53 Å². The molecule has 0 spiro atoms. The fourth-order valence-corrected chi connectivity index (χ4v) is 1.32. The number of nitrogens with one attached hydrogen (secondary N) is 1. The maximum absolute atomic E-state index is 12.2. The van der Waals surface area contributed by atoms with E-state index in [1.165, 1.54) is 4.90 Å². The summed E-state index contributed by atoms with van der Waals surface area (Å²) in [5, 5.41) is 2.82. The molecule has 0 unspecified atom stereocenters. The van der Waals surface area contributed by atoms with Crippen molar-refractivity contribution in [2.24, 2.45) is 0 Å². The van der Waals surface area contributed by atoms with Crippen LogP contribution in [0.2, 0.25) is 0 Å². The molecule has 2 amide bonds. The Balaban J connectivity index is 4.60. The van der Waals surface area contributed by atoms with E-state index in [-0.39, 0.29) is 5.91 Å². The van der Waals surface area contributed by atoms with Crippen LogP contribution in [0.3, 0.4) is 0 Å². The summed E-state index contributed by atoms with van der Waals surface area (Å²) in [6.07, 6.45) is -0.509. The third-order valence-corrected chi connectivity index (χ3v) is 2.91. The SMILES string of the molecule is CN(C)CCNC(=O)C(C)(C)N(C)C(=O)OC(C)(C)C. The Bertz CT molecular complexity index is 346. The summed E-state index contributed by atoms with van der Waals surface area (Å²) < 4.78 is 5.28. The Kier molecular flexibility index (Phi) is 6.47. The molecule has 0 saturated heterocycles. The third kappa shape index (κ3) is 6.23. The highest BCUT2D eigenvalue weighted by Gasteiger charge is 2.37. The first kappa shape index (κ1) is 18.7. The lowest BCUT2D eigenvalue weighted by Gasteiger charge is -2.35. The lowest BCUT2D eigenvalue weighted by atomic mass is 10.0. The largest absolute Gasteiger partial charge is 0.444 e. The molecule has 0 radical (unpaired) electrons. The van der Waals surface area contributed by atoms with Crippen molar-refractivity contribution in [1.82, 2.24) is 15.1 Å². The first-order valence-corrected chi connectivity index (χ1v) is 6.78. The topological polar surface area (TPSA) is 61.9 Å². The van der Waals surface area contributed by atoms with Gasteiger partial charge in [0, 0.05) is 20.1 Å². The maximum Gasteiger partial charge on any atom is 0.410 e. The minimum atomic E-state index is -0.964. The second kappa shape index (κ2) is 6.92. The van der Waals surface area contributed by atoms with Crippen LogP contribution in [0, 0.1) is 0 Å². The van der Waals surface area contributed by atoms with Crippen LogP contribution in [-0.4, -0.2) is 67.2 Å². The van der Waals surface area contributed by atoms with Crippen molar-refractivity contribution in [3.63, 3.8) is 0 Å². The molecule has 0 fully saturated rings. The quantitative estimate of drug-likeness (QED) is 0.828. The van der Waals surface area contributed by atoms with Gasteiger partial charge in [0.1, 0.15) is 11.1 Å². The number of rotatable bonds is 5. The molecule has 0 aromatic carbocycles. The molecule has 0 atom stereocenters. The van der Waals surface area contributed by atoms with Gasteiger partial charge >= 0.3 is 6.09 Å². The van der Waals surface area contributed by atoms with Crippen LogP contribution in [0.1, 0.15) is 34.6 Å². The van der Waals surface area contributed by atoms with Crippen molar-refractivity contribution in [1.29, 1.82) is 0 Å². The van der Waals surface area contributed by atoms with Gasteiger partial charge < -0.3 is 15.0 Å². The van der Waals surface area contributed by atoms with Crippen LogP contribution in [0.4, 0.5) is 4.79 Å². The molecule has 0 aliphatic carbocycles. The summed E-state index contributed by atoms with van der Waals surface area (Å²) in [6.45, 7) is 10.1. The molecule has 0 aromatic heterocycles. The Morgan fingerprint density at radius 1 is 1.05 bits per heavy atom. The molecule has 0 aromatic rings. The fourth-order valence-electron chi connectivity index (χ4n) is 1.32. The molecular formula is C14H29N3O3. The average molecular weight is 287 g/mol. The van der Waals surface area contributed by atoms with Crippen molar-refractivity contribution in [2.75, 3.05) is 34.2 Å². The van der Waals surface area contributed by atoms with Crippen molar-refractivity contribution in [3.05, 3.63) is 0 Å². The Morgan fingerprint density at radius 2 is 1.55 bits per heavy atom. The van der Waals surface area contributed by atoms with E-state index >= 15 is 0 Å². The van der Waals surface area contributed by atoms with Gasteiger partial charge in [-0.1, -0.05) is 0 Å². The highest BCUT2D eigenvalue weighted by molar-refractivity contribution is 5.89. The number of nitrogens with zero attached hydrogens (tertiary/aromatic N) is 2. The number of hydrogen-bond acceptors (Lipinski definition) is 4. The normalized spacial score (nSPS) is 12.2. The maximum atomic E-state index is 12.2. The molecule has 0 heterocycles.